The lowest BCUT2D eigenvalue weighted by molar-refractivity contribution is -0.253. The zero-order valence-corrected chi connectivity index (χ0v) is 30.7. The Morgan fingerprint density at radius 2 is 1.47 bits per heavy atom. The predicted molar refractivity (Wildman–Crippen MR) is 203 cm³/mol. The average molecular weight is 724 g/mol. The van der Waals surface area contributed by atoms with Crippen molar-refractivity contribution < 1.29 is 34.5 Å². The van der Waals surface area contributed by atoms with E-state index in [0.717, 1.165) is 58.2 Å². The molecule has 2 amide bonds. The summed E-state index contributed by atoms with van der Waals surface area (Å²) in [7, 11) is 2.01. The smallest absolute Gasteiger partial charge is 0.243 e. The number of benzene rings is 4. The first-order valence-electron chi connectivity index (χ1n) is 18.6. The molecule has 4 aromatic carbocycles. The zero-order chi connectivity index (χ0) is 37.6. The highest BCUT2D eigenvalue weighted by Crippen LogP contribution is 2.39. The summed E-state index contributed by atoms with van der Waals surface area (Å²) >= 11 is 0. The summed E-state index contributed by atoms with van der Waals surface area (Å²) in [5, 5.41) is 32.3. The number of nitrogens with one attached hydrogen (secondary N) is 2. The number of rotatable bonds is 18. The minimum atomic E-state index is -0.641. The molecule has 282 valence electrons. The van der Waals surface area contributed by atoms with Gasteiger partial charge in [0.1, 0.15) is 0 Å². The van der Waals surface area contributed by atoms with Crippen LogP contribution in [-0.4, -0.2) is 57.9 Å². The molecule has 1 aliphatic rings. The predicted octanol–water partition coefficient (Wildman–Crippen LogP) is 6.91. The summed E-state index contributed by atoms with van der Waals surface area (Å²) in [6.07, 6.45) is 2.83. The van der Waals surface area contributed by atoms with Crippen LogP contribution in [0.1, 0.15) is 98.2 Å². The number of hydrogen-bond donors (Lipinski definition) is 5. The Kier molecular flexibility index (Phi) is 15.1. The monoisotopic (exact) mass is 723 g/mol. The van der Waals surface area contributed by atoms with E-state index in [1.54, 1.807) is 5.48 Å². The lowest BCUT2D eigenvalue weighted by Gasteiger charge is -2.39. The van der Waals surface area contributed by atoms with Gasteiger partial charge in [-0.3, -0.25) is 19.7 Å². The molecule has 5 N–H and O–H groups in total. The molecule has 53 heavy (non-hydrogen) atoms. The van der Waals surface area contributed by atoms with E-state index in [1.807, 2.05) is 98.9 Å². The summed E-state index contributed by atoms with van der Waals surface area (Å²) in [5.41, 5.74) is 8.34. The normalized spacial score (nSPS) is 18.3. The lowest BCUT2D eigenvalue weighted by atomic mass is 9.98. The summed E-state index contributed by atoms with van der Waals surface area (Å²) in [5.74, 6) is -0.390. The van der Waals surface area contributed by atoms with Gasteiger partial charge >= 0.3 is 0 Å². The average Bonchev–Trinajstić information content (AvgIpc) is 3.21. The number of amides is 2. The molecular weight excluding hydrogens is 670 g/mol. The molecule has 1 heterocycles. The number of hydroxylamine groups is 1. The molecule has 0 aliphatic carbocycles. The van der Waals surface area contributed by atoms with Gasteiger partial charge in [0.25, 0.3) is 0 Å². The van der Waals surface area contributed by atoms with Crippen LogP contribution in [-0.2, 0) is 32.2 Å². The third kappa shape index (κ3) is 11.8. The Hall–Kier alpha value is -4.42. The van der Waals surface area contributed by atoms with E-state index in [4.69, 9.17) is 14.7 Å². The fourth-order valence-corrected chi connectivity index (χ4v) is 6.65. The summed E-state index contributed by atoms with van der Waals surface area (Å²) in [6, 6.07) is 33.7. The molecule has 0 bridgehead atoms. The Morgan fingerprint density at radius 3 is 2.15 bits per heavy atom. The van der Waals surface area contributed by atoms with Gasteiger partial charge < -0.3 is 25.0 Å². The molecule has 5 rings (SSSR count). The fraction of sp³-hybridized carbons (Fsp3) is 0.395. The van der Waals surface area contributed by atoms with E-state index < -0.39 is 12.4 Å². The minimum absolute atomic E-state index is 0.00527. The molecule has 0 saturated carbocycles. The second kappa shape index (κ2) is 20.1. The van der Waals surface area contributed by atoms with E-state index >= 15 is 0 Å². The molecular formula is C43H53N3O7. The highest BCUT2D eigenvalue weighted by atomic mass is 16.7. The molecule has 0 radical (unpaired) electrons. The first-order valence-corrected chi connectivity index (χ1v) is 18.6. The van der Waals surface area contributed by atoms with Gasteiger partial charge in [0, 0.05) is 44.0 Å². The van der Waals surface area contributed by atoms with E-state index in [0.29, 0.717) is 32.4 Å². The van der Waals surface area contributed by atoms with Crippen molar-refractivity contribution in [3.8, 4) is 11.1 Å². The van der Waals surface area contributed by atoms with Crippen molar-refractivity contribution in [3.63, 3.8) is 0 Å². The summed E-state index contributed by atoms with van der Waals surface area (Å²) in [4.78, 5) is 25.7. The molecule has 5 atom stereocenters. The number of ether oxygens (including phenoxy) is 2. The number of hydrogen-bond acceptors (Lipinski definition) is 8. The largest absolute Gasteiger partial charge is 0.392 e. The topological polar surface area (TPSA) is 141 Å². The molecule has 0 unspecified atom stereocenters. The number of aliphatic hydroxyl groups is 2. The number of aliphatic hydroxyl groups excluding tert-OH is 2. The Balaban J connectivity index is 1.21. The van der Waals surface area contributed by atoms with E-state index in [9.17, 15) is 19.8 Å². The lowest BCUT2D eigenvalue weighted by Crippen LogP contribution is -2.43. The molecule has 4 aromatic rings. The number of unbranched alkanes of at least 4 members (excludes halogenated alkanes) is 3. The number of likely N-dealkylation sites (N-methyl/N-ethyl adjacent to an activating group) is 1. The van der Waals surface area contributed by atoms with Crippen molar-refractivity contribution in [2.24, 2.45) is 0 Å². The van der Waals surface area contributed by atoms with Gasteiger partial charge in [-0.25, -0.2) is 5.48 Å². The molecule has 0 aromatic heterocycles. The number of carbonyl (C=O) groups is 2. The SMILES string of the molecule is C[C@@H]([C@H](O)c1ccccc1)N(C)C[C@H]1C[C@@H](c2ccc(CO)cc2)O[C@@H](c2ccc(-c3cccc(CNC(=O)CCCCCCC(=O)NO)c3)cc2)O1. The van der Waals surface area contributed by atoms with Crippen LogP contribution >= 0.6 is 0 Å². The molecule has 1 fully saturated rings. The van der Waals surface area contributed by atoms with Crippen LogP contribution < -0.4 is 10.8 Å². The maximum Gasteiger partial charge on any atom is 0.243 e. The van der Waals surface area contributed by atoms with Gasteiger partial charge in [-0.1, -0.05) is 110 Å². The Labute approximate surface area is 312 Å². The molecule has 10 nitrogen and oxygen atoms in total. The van der Waals surface area contributed by atoms with E-state index in [2.05, 4.69) is 28.4 Å². The zero-order valence-electron chi connectivity index (χ0n) is 30.7. The van der Waals surface area contributed by atoms with Crippen LogP contribution in [0.5, 0.6) is 0 Å². The highest BCUT2D eigenvalue weighted by molar-refractivity contribution is 5.76. The van der Waals surface area contributed by atoms with E-state index in [-0.39, 0.29) is 43.1 Å². The minimum Gasteiger partial charge on any atom is -0.392 e. The third-order valence-corrected chi connectivity index (χ3v) is 10.0. The first kappa shape index (κ1) is 39.8. The van der Waals surface area contributed by atoms with Gasteiger partial charge in [0.15, 0.2) is 6.29 Å². The number of nitrogens with zero attached hydrogens (tertiary/aromatic N) is 1. The molecule has 1 aliphatic heterocycles. The van der Waals surface area contributed by atoms with Crippen LogP contribution in [0.4, 0.5) is 0 Å². The van der Waals surface area contributed by atoms with Gasteiger partial charge in [-0.2, -0.15) is 0 Å². The van der Waals surface area contributed by atoms with Crippen molar-refractivity contribution >= 4 is 11.8 Å². The fourth-order valence-electron chi connectivity index (χ4n) is 6.65. The van der Waals surface area contributed by atoms with Gasteiger partial charge in [0.2, 0.25) is 11.8 Å². The Bertz CT molecular complexity index is 1720. The highest BCUT2D eigenvalue weighted by Gasteiger charge is 2.34. The standard InChI is InChI=1S/C43H53N3O7/c1-30(42(50)35-12-6-5-7-13-35)46(2)28-38-26-39(34-19-17-31(29-47)18-20-34)53-43(52-38)36-23-21-33(22-24-36)37-14-10-11-32(25-37)27-44-40(48)15-8-3-4-9-16-41(49)45-51/h5-7,10-14,17-25,30,38-39,42-43,47,50-51H,3-4,8-9,15-16,26-29H2,1-2H3,(H,44,48)(H,45,49)/t30-,38+,39-,42-,43-/m0/s1. The first-order chi connectivity index (χ1) is 25.7. The second-order valence-corrected chi connectivity index (χ2v) is 13.9. The van der Waals surface area contributed by atoms with Crippen molar-refractivity contribution in [3.05, 3.63) is 131 Å². The maximum absolute atomic E-state index is 12.4. The van der Waals surface area contributed by atoms with Crippen molar-refractivity contribution in [2.45, 2.75) is 95.7 Å². The third-order valence-electron chi connectivity index (χ3n) is 10.0. The van der Waals surface area contributed by atoms with Crippen molar-refractivity contribution in [1.29, 1.82) is 0 Å². The molecule has 0 spiro atoms. The van der Waals surface area contributed by atoms with E-state index in [1.165, 1.54) is 0 Å². The summed E-state index contributed by atoms with van der Waals surface area (Å²) in [6.45, 7) is 3.04. The van der Waals surface area contributed by atoms with Crippen LogP contribution in [0.25, 0.3) is 11.1 Å². The maximum atomic E-state index is 12.4. The van der Waals surface area contributed by atoms with Crippen LogP contribution in [0.3, 0.4) is 0 Å². The molecule has 10 heteroatoms. The second-order valence-electron chi connectivity index (χ2n) is 13.9. The van der Waals surface area contributed by atoms with Gasteiger partial charge in [-0.05, 0) is 66.3 Å². The Morgan fingerprint density at radius 1 is 0.792 bits per heavy atom. The van der Waals surface area contributed by atoms with Crippen LogP contribution in [0.15, 0.2) is 103 Å². The van der Waals surface area contributed by atoms with Crippen LogP contribution in [0.2, 0.25) is 0 Å². The van der Waals surface area contributed by atoms with Gasteiger partial charge in [-0.15, -0.1) is 0 Å². The van der Waals surface area contributed by atoms with Gasteiger partial charge in [0.05, 0.1) is 24.9 Å². The summed E-state index contributed by atoms with van der Waals surface area (Å²) < 4.78 is 13.2. The van der Waals surface area contributed by atoms with Crippen molar-refractivity contribution in [1.82, 2.24) is 15.7 Å². The van der Waals surface area contributed by atoms with Crippen molar-refractivity contribution in [2.75, 3.05) is 13.6 Å². The number of carbonyl (C=O) groups excluding carboxylic acids is 2. The molecule has 1 saturated heterocycles. The quantitative estimate of drug-likeness (QED) is 0.0424. The van der Waals surface area contributed by atoms with Crippen LogP contribution in [0, 0.1) is 0 Å².